The lowest BCUT2D eigenvalue weighted by atomic mass is 9.96. The molecular formula is C24H16F6N4O. The molecule has 4 aromatic rings. The number of carbonyl (C=O) groups is 1. The van der Waals surface area contributed by atoms with Crippen LogP contribution in [0.25, 0.3) is 22.0 Å². The molecule has 1 heterocycles. The normalized spacial score (nSPS) is 12.1. The number of nitrogens with two attached hydrogens (primary N) is 1. The first-order chi connectivity index (χ1) is 16.3. The molecule has 0 saturated carbocycles. The van der Waals surface area contributed by atoms with Crippen LogP contribution in [-0.4, -0.2) is 15.9 Å². The highest BCUT2D eigenvalue weighted by atomic mass is 19.4. The molecule has 0 atom stereocenters. The van der Waals surface area contributed by atoms with E-state index < -0.39 is 35.1 Å². The van der Waals surface area contributed by atoms with Gasteiger partial charge in [0.1, 0.15) is 0 Å². The first-order valence-electron chi connectivity index (χ1n) is 10.1. The van der Waals surface area contributed by atoms with Crippen LogP contribution in [-0.2, 0) is 12.4 Å². The second-order valence-corrected chi connectivity index (χ2v) is 7.74. The van der Waals surface area contributed by atoms with Crippen molar-refractivity contribution in [1.82, 2.24) is 9.97 Å². The average molecular weight is 490 g/mol. The first-order valence-corrected chi connectivity index (χ1v) is 10.1. The van der Waals surface area contributed by atoms with Crippen LogP contribution in [0, 0.1) is 6.92 Å². The number of nitrogen functional groups attached to an aromatic ring is 1. The Morgan fingerprint density at radius 2 is 1.66 bits per heavy atom. The number of amides is 1. The third-order valence-corrected chi connectivity index (χ3v) is 5.31. The highest BCUT2D eigenvalue weighted by molar-refractivity contribution is 6.05. The van der Waals surface area contributed by atoms with Crippen molar-refractivity contribution in [3.63, 3.8) is 0 Å². The van der Waals surface area contributed by atoms with Crippen LogP contribution in [0.5, 0.6) is 0 Å². The van der Waals surface area contributed by atoms with Crippen molar-refractivity contribution in [3.05, 3.63) is 83.0 Å². The summed E-state index contributed by atoms with van der Waals surface area (Å²) in [4.78, 5) is 20.9. The summed E-state index contributed by atoms with van der Waals surface area (Å²) in [6, 6.07) is 10.5. The Kier molecular flexibility index (Phi) is 5.87. The highest BCUT2D eigenvalue weighted by Gasteiger charge is 2.37. The number of nitrogens with one attached hydrogen (secondary N) is 1. The number of alkyl halides is 6. The molecule has 0 saturated heterocycles. The van der Waals surface area contributed by atoms with E-state index in [0.717, 1.165) is 5.56 Å². The van der Waals surface area contributed by atoms with Crippen molar-refractivity contribution < 1.29 is 31.1 Å². The molecule has 35 heavy (non-hydrogen) atoms. The summed E-state index contributed by atoms with van der Waals surface area (Å²) in [5, 5.41) is 2.66. The van der Waals surface area contributed by atoms with E-state index in [1.807, 2.05) is 5.32 Å². The molecule has 0 aliphatic carbocycles. The Morgan fingerprint density at radius 1 is 0.914 bits per heavy atom. The van der Waals surface area contributed by atoms with Gasteiger partial charge in [-0.25, -0.2) is 9.97 Å². The zero-order valence-corrected chi connectivity index (χ0v) is 17.9. The molecule has 0 spiro atoms. The molecule has 180 valence electrons. The molecule has 0 unspecified atom stereocenters. The number of halogens is 6. The summed E-state index contributed by atoms with van der Waals surface area (Å²) < 4.78 is 79.3. The Labute approximate surface area is 194 Å². The van der Waals surface area contributed by atoms with Gasteiger partial charge in [-0.15, -0.1) is 0 Å². The number of anilines is 2. The maximum absolute atomic E-state index is 13.4. The summed E-state index contributed by atoms with van der Waals surface area (Å²) in [5.41, 5.74) is 4.48. The summed E-state index contributed by atoms with van der Waals surface area (Å²) in [7, 11) is 0. The minimum atomic E-state index is -4.97. The number of fused-ring (bicyclic) bond motifs is 1. The molecule has 4 rings (SSSR count). The number of nitrogens with zero attached hydrogens (tertiary/aromatic N) is 2. The van der Waals surface area contributed by atoms with E-state index in [9.17, 15) is 31.1 Å². The highest BCUT2D eigenvalue weighted by Crippen LogP contribution is 2.39. The minimum Gasteiger partial charge on any atom is -0.368 e. The van der Waals surface area contributed by atoms with E-state index in [0.29, 0.717) is 34.2 Å². The SMILES string of the molecule is Cc1ccc(C(=O)Nc2cc(C(F)(F)F)ccc2C(F)(F)F)cc1-c1ccc2nc(N)ncc2c1. The standard InChI is InChI=1S/C24H16F6N4O/c1-12-2-3-14(9-17(12)13-4-7-19-15(8-13)11-32-22(31)34-19)21(35)33-20-10-16(23(25,26)27)5-6-18(20)24(28,29)30/h2-11H,1H3,(H,33,35)(H2,31,32,34). The molecule has 3 aromatic carbocycles. The molecule has 0 bridgehead atoms. The Balaban J connectivity index is 1.72. The maximum Gasteiger partial charge on any atom is 0.418 e. The number of benzene rings is 3. The summed E-state index contributed by atoms with van der Waals surface area (Å²) in [6.45, 7) is 1.77. The largest absolute Gasteiger partial charge is 0.418 e. The third-order valence-electron chi connectivity index (χ3n) is 5.31. The Morgan fingerprint density at radius 3 is 2.34 bits per heavy atom. The second-order valence-electron chi connectivity index (χ2n) is 7.74. The van der Waals surface area contributed by atoms with Gasteiger partial charge >= 0.3 is 12.4 Å². The number of aromatic nitrogens is 2. The van der Waals surface area contributed by atoms with E-state index in [4.69, 9.17) is 5.73 Å². The fraction of sp³-hybridized carbons (Fsp3) is 0.125. The van der Waals surface area contributed by atoms with Gasteiger partial charge in [-0.3, -0.25) is 4.79 Å². The third kappa shape index (κ3) is 5.03. The van der Waals surface area contributed by atoms with Crippen molar-refractivity contribution in [1.29, 1.82) is 0 Å². The Hall–Kier alpha value is -4.15. The van der Waals surface area contributed by atoms with Gasteiger partial charge in [0, 0.05) is 17.1 Å². The van der Waals surface area contributed by atoms with Crippen molar-refractivity contribution >= 4 is 28.4 Å². The number of rotatable bonds is 3. The topological polar surface area (TPSA) is 80.9 Å². The quantitative estimate of drug-likeness (QED) is 0.322. The van der Waals surface area contributed by atoms with Gasteiger partial charge in [0.25, 0.3) is 5.91 Å². The molecule has 1 aromatic heterocycles. The number of hydrogen-bond acceptors (Lipinski definition) is 4. The van der Waals surface area contributed by atoms with Gasteiger partial charge in [-0.05, 0) is 66.1 Å². The van der Waals surface area contributed by atoms with Gasteiger partial charge in [-0.1, -0.05) is 12.1 Å². The molecule has 5 nitrogen and oxygen atoms in total. The minimum absolute atomic E-state index is 0.0372. The lowest BCUT2D eigenvalue weighted by molar-refractivity contribution is -0.140. The Bertz CT molecular complexity index is 1450. The van der Waals surface area contributed by atoms with Crippen LogP contribution in [0.1, 0.15) is 27.0 Å². The van der Waals surface area contributed by atoms with Crippen LogP contribution in [0.3, 0.4) is 0 Å². The van der Waals surface area contributed by atoms with E-state index >= 15 is 0 Å². The van der Waals surface area contributed by atoms with Crippen LogP contribution in [0.2, 0.25) is 0 Å². The van der Waals surface area contributed by atoms with Crippen molar-refractivity contribution in [2.45, 2.75) is 19.3 Å². The van der Waals surface area contributed by atoms with Gasteiger partial charge in [-0.2, -0.15) is 26.3 Å². The second kappa shape index (κ2) is 8.57. The van der Waals surface area contributed by atoms with Crippen molar-refractivity contribution in [2.24, 2.45) is 0 Å². The maximum atomic E-state index is 13.4. The van der Waals surface area contributed by atoms with Gasteiger partial charge < -0.3 is 11.1 Å². The van der Waals surface area contributed by atoms with Crippen LogP contribution < -0.4 is 11.1 Å². The van der Waals surface area contributed by atoms with Crippen molar-refractivity contribution in [3.8, 4) is 11.1 Å². The summed E-state index contributed by atoms with van der Waals surface area (Å²) >= 11 is 0. The molecule has 0 radical (unpaired) electrons. The van der Waals surface area contributed by atoms with Crippen LogP contribution in [0.4, 0.5) is 38.0 Å². The smallest absolute Gasteiger partial charge is 0.368 e. The molecule has 1 amide bonds. The number of aryl methyl sites for hydroxylation is 1. The summed E-state index contributed by atoms with van der Waals surface area (Å²) in [5.74, 6) is -0.888. The predicted octanol–water partition coefficient (Wildman–Crippen LogP) is 6.48. The molecule has 0 aliphatic rings. The molecular weight excluding hydrogens is 474 g/mol. The zero-order valence-electron chi connectivity index (χ0n) is 17.9. The van der Waals surface area contributed by atoms with Crippen LogP contribution >= 0.6 is 0 Å². The number of carbonyl (C=O) groups excluding carboxylic acids is 1. The average Bonchev–Trinajstić information content (AvgIpc) is 2.77. The molecule has 3 N–H and O–H groups in total. The van der Waals surface area contributed by atoms with Crippen molar-refractivity contribution in [2.75, 3.05) is 11.1 Å². The van der Waals surface area contributed by atoms with Gasteiger partial charge in [0.2, 0.25) is 5.95 Å². The monoisotopic (exact) mass is 490 g/mol. The van der Waals surface area contributed by atoms with E-state index in [2.05, 4.69) is 9.97 Å². The van der Waals surface area contributed by atoms with E-state index in [1.54, 1.807) is 31.2 Å². The number of hydrogen-bond donors (Lipinski definition) is 2. The molecule has 0 aliphatic heterocycles. The fourth-order valence-electron chi connectivity index (χ4n) is 3.56. The van der Waals surface area contributed by atoms with Gasteiger partial charge in [0.05, 0.1) is 22.3 Å². The van der Waals surface area contributed by atoms with E-state index in [1.165, 1.54) is 18.3 Å². The molecule has 0 fully saturated rings. The van der Waals surface area contributed by atoms with Crippen LogP contribution in [0.15, 0.2) is 60.8 Å². The van der Waals surface area contributed by atoms with E-state index in [-0.39, 0.29) is 17.6 Å². The zero-order chi connectivity index (χ0) is 25.5. The lowest BCUT2D eigenvalue weighted by Gasteiger charge is -2.17. The fourth-order valence-corrected chi connectivity index (χ4v) is 3.56. The first kappa shape index (κ1) is 24.0. The van der Waals surface area contributed by atoms with Gasteiger partial charge in [0.15, 0.2) is 0 Å². The summed E-state index contributed by atoms with van der Waals surface area (Å²) in [6.07, 6.45) is -8.33. The molecule has 11 heteroatoms. The lowest BCUT2D eigenvalue weighted by Crippen LogP contribution is -2.18. The predicted molar refractivity (Wildman–Crippen MR) is 119 cm³/mol.